The summed E-state index contributed by atoms with van der Waals surface area (Å²) >= 11 is 0. The van der Waals surface area contributed by atoms with Crippen LogP contribution >= 0.6 is 0 Å². The fourth-order valence-electron chi connectivity index (χ4n) is 2.86. The molecule has 0 aliphatic carbocycles. The van der Waals surface area contributed by atoms with Gasteiger partial charge in [-0.2, -0.15) is 0 Å². The van der Waals surface area contributed by atoms with Crippen LogP contribution in [0.25, 0.3) is 0 Å². The number of aryl methyl sites for hydroxylation is 3. The molecule has 1 unspecified atom stereocenters. The summed E-state index contributed by atoms with van der Waals surface area (Å²) < 4.78 is 0. The number of oxime groups is 1. The number of nitrogens with one attached hydrogen (secondary N) is 2. The Morgan fingerprint density at radius 1 is 0.964 bits per heavy atom. The van der Waals surface area contributed by atoms with Crippen molar-refractivity contribution in [2.75, 3.05) is 10.6 Å². The number of carbonyl (C=O) groups excluding carboxylic acids is 2. The van der Waals surface area contributed by atoms with Gasteiger partial charge in [0, 0.05) is 18.3 Å². The maximum atomic E-state index is 12.5. The van der Waals surface area contributed by atoms with Gasteiger partial charge in [0.2, 0.25) is 12.0 Å². The molecule has 0 spiro atoms. The Morgan fingerprint density at radius 3 is 2.07 bits per heavy atom. The Kier molecular flexibility index (Phi) is 6.93. The molecule has 2 N–H and O–H groups in total. The summed E-state index contributed by atoms with van der Waals surface area (Å²) in [6, 6.07) is 11.3. The standard InChI is InChI=1S/C22H27N3O3/c1-13-11-14(2)21(15(3)12-13)24-22(27)17(5)28-25-16(4)19-7-9-20(10-8-19)23-18(6)26/h7-12,17H,1-6H3,(H,23,26)(H,24,27)/b25-16+. The minimum absolute atomic E-state index is 0.125. The predicted molar refractivity (Wildman–Crippen MR) is 113 cm³/mol. The Morgan fingerprint density at radius 2 is 1.54 bits per heavy atom. The Labute approximate surface area is 166 Å². The molecule has 0 radical (unpaired) electrons. The van der Waals surface area contributed by atoms with Crippen molar-refractivity contribution in [3.05, 3.63) is 58.7 Å². The number of rotatable bonds is 6. The van der Waals surface area contributed by atoms with Gasteiger partial charge in [-0.3, -0.25) is 9.59 Å². The minimum atomic E-state index is -0.742. The van der Waals surface area contributed by atoms with Crippen molar-refractivity contribution >= 4 is 28.9 Å². The van der Waals surface area contributed by atoms with Crippen molar-refractivity contribution in [2.24, 2.45) is 5.16 Å². The second-order valence-corrected chi connectivity index (χ2v) is 6.95. The lowest BCUT2D eigenvalue weighted by molar-refractivity contribution is -0.126. The van der Waals surface area contributed by atoms with E-state index in [1.807, 2.05) is 45.0 Å². The van der Waals surface area contributed by atoms with Crippen molar-refractivity contribution in [1.29, 1.82) is 0 Å². The highest BCUT2D eigenvalue weighted by molar-refractivity contribution is 5.99. The second-order valence-electron chi connectivity index (χ2n) is 6.95. The van der Waals surface area contributed by atoms with Crippen LogP contribution in [-0.4, -0.2) is 23.6 Å². The molecule has 2 aromatic carbocycles. The van der Waals surface area contributed by atoms with Crippen molar-refractivity contribution < 1.29 is 14.4 Å². The number of amides is 2. The first kappa shape index (κ1) is 21.2. The van der Waals surface area contributed by atoms with Gasteiger partial charge in [0.25, 0.3) is 5.91 Å². The van der Waals surface area contributed by atoms with Crippen LogP contribution in [0.1, 0.15) is 43.0 Å². The number of anilines is 2. The maximum absolute atomic E-state index is 12.5. The third-order valence-corrected chi connectivity index (χ3v) is 4.27. The third-order valence-electron chi connectivity index (χ3n) is 4.27. The number of nitrogens with zero attached hydrogens (tertiary/aromatic N) is 1. The van der Waals surface area contributed by atoms with E-state index in [1.165, 1.54) is 6.92 Å². The summed E-state index contributed by atoms with van der Waals surface area (Å²) in [7, 11) is 0. The SMILES string of the molecule is CC(=O)Nc1ccc(/C(C)=N/OC(C)C(=O)Nc2c(C)cc(C)cc2C)cc1. The molecule has 6 heteroatoms. The topological polar surface area (TPSA) is 79.8 Å². The molecule has 2 amide bonds. The zero-order chi connectivity index (χ0) is 20.8. The van der Waals surface area contributed by atoms with Crippen LogP contribution in [0.3, 0.4) is 0 Å². The molecular formula is C22H27N3O3. The van der Waals surface area contributed by atoms with E-state index in [1.54, 1.807) is 26.0 Å². The number of hydrogen-bond acceptors (Lipinski definition) is 4. The molecular weight excluding hydrogens is 354 g/mol. The summed E-state index contributed by atoms with van der Waals surface area (Å²) in [6.45, 7) is 10.9. The molecule has 1 atom stereocenters. The van der Waals surface area contributed by atoms with E-state index in [2.05, 4.69) is 15.8 Å². The van der Waals surface area contributed by atoms with Crippen molar-refractivity contribution in [2.45, 2.75) is 47.6 Å². The quantitative estimate of drug-likeness (QED) is 0.577. The molecule has 2 aromatic rings. The highest BCUT2D eigenvalue weighted by Crippen LogP contribution is 2.22. The molecule has 0 aliphatic rings. The smallest absolute Gasteiger partial charge is 0.268 e. The molecule has 0 aromatic heterocycles. The van der Waals surface area contributed by atoms with Gasteiger partial charge in [0.15, 0.2) is 0 Å². The maximum Gasteiger partial charge on any atom is 0.268 e. The van der Waals surface area contributed by atoms with Crippen LogP contribution < -0.4 is 10.6 Å². The fraction of sp³-hybridized carbons (Fsp3) is 0.318. The molecule has 0 saturated carbocycles. The monoisotopic (exact) mass is 381 g/mol. The van der Waals surface area contributed by atoms with Crippen LogP contribution in [0.4, 0.5) is 11.4 Å². The first-order valence-electron chi connectivity index (χ1n) is 9.14. The fourth-order valence-corrected chi connectivity index (χ4v) is 2.86. The van der Waals surface area contributed by atoms with Crippen LogP contribution in [0.2, 0.25) is 0 Å². The van der Waals surface area contributed by atoms with Gasteiger partial charge in [-0.1, -0.05) is 35.0 Å². The lowest BCUT2D eigenvalue weighted by Gasteiger charge is -2.15. The van der Waals surface area contributed by atoms with Crippen LogP contribution in [0, 0.1) is 20.8 Å². The van der Waals surface area contributed by atoms with Crippen LogP contribution in [0.15, 0.2) is 41.6 Å². The van der Waals surface area contributed by atoms with Crippen molar-refractivity contribution in [3.8, 4) is 0 Å². The lowest BCUT2D eigenvalue weighted by Crippen LogP contribution is -2.27. The highest BCUT2D eigenvalue weighted by atomic mass is 16.6. The molecule has 0 fully saturated rings. The molecule has 0 aliphatic heterocycles. The summed E-state index contributed by atoms with van der Waals surface area (Å²) in [6.07, 6.45) is -0.742. The molecule has 28 heavy (non-hydrogen) atoms. The van der Waals surface area contributed by atoms with Crippen LogP contribution in [-0.2, 0) is 14.4 Å². The highest BCUT2D eigenvalue weighted by Gasteiger charge is 2.17. The van der Waals surface area contributed by atoms with Gasteiger partial charge in [0.05, 0.1) is 5.71 Å². The largest absolute Gasteiger partial charge is 0.382 e. The number of benzene rings is 2. The van der Waals surface area contributed by atoms with E-state index in [0.717, 1.165) is 27.9 Å². The average Bonchev–Trinajstić information content (AvgIpc) is 2.62. The van der Waals surface area contributed by atoms with Crippen molar-refractivity contribution in [1.82, 2.24) is 0 Å². The number of carbonyl (C=O) groups is 2. The Hall–Kier alpha value is -3.15. The van der Waals surface area contributed by atoms with Gasteiger partial charge < -0.3 is 15.5 Å². The van der Waals surface area contributed by atoms with E-state index in [4.69, 9.17) is 4.84 Å². The number of hydrogen-bond donors (Lipinski definition) is 2. The Bertz CT molecular complexity index is 879. The van der Waals surface area contributed by atoms with E-state index in [9.17, 15) is 9.59 Å². The van der Waals surface area contributed by atoms with Gasteiger partial charge in [-0.25, -0.2) is 0 Å². The van der Waals surface area contributed by atoms with Crippen molar-refractivity contribution in [3.63, 3.8) is 0 Å². The zero-order valence-corrected chi connectivity index (χ0v) is 17.2. The average molecular weight is 381 g/mol. The first-order chi connectivity index (χ1) is 13.2. The van der Waals surface area contributed by atoms with Gasteiger partial charge in [-0.15, -0.1) is 0 Å². The molecule has 0 heterocycles. The van der Waals surface area contributed by atoms with E-state index >= 15 is 0 Å². The zero-order valence-electron chi connectivity index (χ0n) is 17.2. The molecule has 2 rings (SSSR count). The van der Waals surface area contributed by atoms with Gasteiger partial charge in [-0.05, 0) is 63.4 Å². The van der Waals surface area contributed by atoms with Gasteiger partial charge in [0.1, 0.15) is 0 Å². The Balaban J connectivity index is 2.00. The molecule has 0 saturated heterocycles. The van der Waals surface area contributed by atoms with E-state index in [-0.39, 0.29) is 11.8 Å². The van der Waals surface area contributed by atoms with Gasteiger partial charge >= 0.3 is 0 Å². The molecule has 6 nitrogen and oxygen atoms in total. The minimum Gasteiger partial charge on any atom is -0.382 e. The third kappa shape index (κ3) is 5.67. The van der Waals surface area contributed by atoms with E-state index < -0.39 is 6.10 Å². The summed E-state index contributed by atoms with van der Waals surface area (Å²) in [4.78, 5) is 28.9. The van der Waals surface area contributed by atoms with Crippen LogP contribution in [0.5, 0.6) is 0 Å². The van der Waals surface area contributed by atoms with E-state index in [0.29, 0.717) is 11.4 Å². The lowest BCUT2D eigenvalue weighted by atomic mass is 10.0. The molecule has 0 bridgehead atoms. The summed E-state index contributed by atoms with van der Waals surface area (Å²) in [5.74, 6) is -0.382. The summed E-state index contributed by atoms with van der Waals surface area (Å²) in [5.41, 5.74) is 6.17. The first-order valence-corrected chi connectivity index (χ1v) is 9.14. The summed E-state index contributed by atoms with van der Waals surface area (Å²) in [5, 5.41) is 9.71. The second kappa shape index (κ2) is 9.17. The molecule has 148 valence electrons. The normalized spacial score (nSPS) is 12.3. The predicted octanol–water partition coefficient (Wildman–Crippen LogP) is 4.34.